The van der Waals surface area contributed by atoms with E-state index in [-0.39, 0.29) is 12.1 Å². The van der Waals surface area contributed by atoms with E-state index in [4.69, 9.17) is 5.11 Å². The Labute approximate surface area is 119 Å². The fourth-order valence-electron chi connectivity index (χ4n) is 1.70. The molecule has 0 aliphatic carbocycles. The van der Waals surface area contributed by atoms with E-state index in [9.17, 15) is 13.2 Å². The van der Waals surface area contributed by atoms with E-state index in [1.807, 2.05) is 0 Å². The molecule has 0 unspecified atom stereocenters. The maximum absolute atomic E-state index is 12.2. The van der Waals surface area contributed by atoms with Crippen molar-refractivity contribution in [2.75, 3.05) is 20.1 Å². The van der Waals surface area contributed by atoms with Gasteiger partial charge in [-0.05, 0) is 12.1 Å². The summed E-state index contributed by atoms with van der Waals surface area (Å²) in [6, 6.07) is 2.92. The number of pyridine rings is 1. The monoisotopic (exact) mass is 301 g/mol. The smallest absolute Gasteiger partial charge is 0.337 e. The zero-order valence-electron chi connectivity index (χ0n) is 11.8. The summed E-state index contributed by atoms with van der Waals surface area (Å²) in [4.78, 5) is 14.7. The van der Waals surface area contributed by atoms with Crippen LogP contribution in [0.25, 0.3) is 0 Å². The van der Waals surface area contributed by atoms with Crippen LogP contribution in [0.5, 0.6) is 0 Å². The van der Waals surface area contributed by atoms with Gasteiger partial charge in [-0.15, -0.1) is 0 Å². The molecule has 0 aliphatic rings. The maximum atomic E-state index is 12.2. The standard InChI is InChI=1S/C12H19N3O4S/c1-4-15(5-2)20(18,19)14(3)9-11-7-6-10(8-13-11)12(16)17/h6-8H,4-5,9H2,1-3H3,(H,16,17). The van der Waals surface area contributed by atoms with Gasteiger partial charge < -0.3 is 5.11 Å². The summed E-state index contributed by atoms with van der Waals surface area (Å²) in [5.41, 5.74) is 0.566. The van der Waals surface area contributed by atoms with E-state index in [0.29, 0.717) is 18.8 Å². The van der Waals surface area contributed by atoms with Crippen molar-refractivity contribution < 1.29 is 18.3 Å². The predicted molar refractivity (Wildman–Crippen MR) is 74.5 cm³/mol. The molecular weight excluding hydrogens is 282 g/mol. The Morgan fingerprint density at radius 2 is 1.90 bits per heavy atom. The van der Waals surface area contributed by atoms with Crippen molar-refractivity contribution in [2.24, 2.45) is 0 Å². The Morgan fingerprint density at radius 1 is 1.30 bits per heavy atom. The van der Waals surface area contributed by atoms with Gasteiger partial charge in [-0.25, -0.2) is 4.79 Å². The first-order valence-electron chi connectivity index (χ1n) is 6.22. The van der Waals surface area contributed by atoms with Crippen LogP contribution in [0.15, 0.2) is 18.3 Å². The molecule has 8 heteroatoms. The number of carbonyl (C=O) groups is 1. The van der Waals surface area contributed by atoms with Crippen LogP contribution < -0.4 is 0 Å². The Kier molecular flexibility index (Phi) is 5.61. The molecule has 0 fully saturated rings. The lowest BCUT2D eigenvalue weighted by Gasteiger charge is -2.25. The lowest BCUT2D eigenvalue weighted by Crippen LogP contribution is -2.41. The summed E-state index contributed by atoms with van der Waals surface area (Å²) in [7, 11) is -2.04. The first-order chi connectivity index (χ1) is 9.32. The van der Waals surface area contributed by atoms with E-state index >= 15 is 0 Å². The number of hydrogen-bond acceptors (Lipinski definition) is 4. The Bertz CT molecular complexity index is 553. The molecule has 0 aromatic carbocycles. The van der Waals surface area contributed by atoms with Crippen LogP contribution in [0.2, 0.25) is 0 Å². The average Bonchev–Trinajstić information content (AvgIpc) is 2.40. The van der Waals surface area contributed by atoms with Gasteiger partial charge in [0.1, 0.15) is 0 Å². The number of hydrogen-bond donors (Lipinski definition) is 1. The molecule has 1 N–H and O–H groups in total. The minimum atomic E-state index is -3.52. The molecule has 7 nitrogen and oxygen atoms in total. The molecule has 0 bridgehead atoms. The molecule has 0 atom stereocenters. The van der Waals surface area contributed by atoms with Crippen molar-refractivity contribution in [3.05, 3.63) is 29.6 Å². The predicted octanol–water partition coefficient (Wildman–Crippen LogP) is 0.798. The van der Waals surface area contributed by atoms with Crippen LogP contribution in [0.1, 0.15) is 29.9 Å². The van der Waals surface area contributed by atoms with Gasteiger partial charge in [0.2, 0.25) is 0 Å². The highest BCUT2D eigenvalue weighted by atomic mass is 32.2. The van der Waals surface area contributed by atoms with E-state index in [2.05, 4.69) is 4.98 Å². The highest BCUT2D eigenvalue weighted by molar-refractivity contribution is 7.86. The Morgan fingerprint density at radius 3 is 2.30 bits per heavy atom. The number of aromatic nitrogens is 1. The lowest BCUT2D eigenvalue weighted by atomic mass is 10.2. The van der Waals surface area contributed by atoms with Gasteiger partial charge in [0, 0.05) is 26.3 Å². The molecule has 20 heavy (non-hydrogen) atoms. The Hall–Kier alpha value is -1.51. The fourth-order valence-corrected chi connectivity index (χ4v) is 3.04. The van der Waals surface area contributed by atoms with Crippen LogP contribution >= 0.6 is 0 Å². The Balaban J connectivity index is 2.84. The summed E-state index contributed by atoms with van der Waals surface area (Å²) in [5, 5.41) is 8.77. The SMILES string of the molecule is CCN(CC)S(=O)(=O)N(C)Cc1ccc(C(=O)O)cn1. The average molecular weight is 301 g/mol. The number of carboxylic acid groups (broad SMARTS) is 1. The van der Waals surface area contributed by atoms with Gasteiger partial charge in [-0.2, -0.15) is 17.0 Å². The molecular formula is C12H19N3O4S. The van der Waals surface area contributed by atoms with Crippen LogP contribution in [0.4, 0.5) is 0 Å². The highest BCUT2D eigenvalue weighted by Gasteiger charge is 2.24. The molecule has 1 aromatic heterocycles. The number of aromatic carboxylic acids is 1. The highest BCUT2D eigenvalue weighted by Crippen LogP contribution is 2.10. The van der Waals surface area contributed by atoms with Gasteiger partial charge >= 0.3 is 5.97 Å². The first kappa shape index (κ1) is 16.5. The summed E-state index contributed by atoms with van der Waals surface area (Å²) in [5.74, 6) is -1.06. The third-order valence-corrected chi connectivity index (χ3v) is 4.97. The number of rotatable bonds is 7. The van der Waals surface area contributed by atoms with Gasteiger partial charge in [-0.1, -0.05) is 13.8 Å². The normalized spacial score (nSPS) is 12.1. The molecule has 0 spiro atoms. The number of nitrogens with zero attached hydrogens (tertiary/aromatic N) is 3. The van der Waals surface area contributed by atoms with Crippen molar-refractivity contribution in [3.8, 4) is 0 Å². The zero-order valence-corrected chi connectivity index (χ0v) is 12.6. The minimum Gasteiger partial charge on any atom is -0.478 e. The molecule has 0 amide bonds. The molecule has 112 valence electrons. The van der Waals surface area contributed by atoms with Gasteiger partial charge in [-0.3, -0.25) is 4.98 Å². The summed E-state index contributed by atoms with van der Waals surface area (Å²) < 4.78 is 26.9. The van der Waals surface area contributed by atoms with Crippen molar-refractivity contribution in [1.29, 1.82) is 0 Å². The zero-order chi connectivity index (χ0) is 15.3. The van der Waals surface area contributed by atoms with Crippen molar-refractivity contribution in [1.82, 2.24) is 13.6 Å². The minimum absolute atomic E-state index is 0.0722. The van der Waals surface area contributed by atoms with E-state index < -0.39 is 16.2 Å². The topological polar surface area (TPSA) is 90.8 Å². The van der Waals surface area contributed by atoms with Crippen molar-refractivity contribution >= 4 is 16.2 Å². The van der Waals surface area contributed by atoms with Gasteiger partial charge in [0.25, 0.3) is 10.2 Å². The van der Waals surface area contributed by atoms with Crippen LogP contribution in [0, 0.1) is 0 Å². The second-order valence-electron chi connectivity index (χ2n) is 4.19. The first-order valence-corrected chi connectivity index (χ1v) is 7.62. The largest absolute Gasteiger partial charge is 0.478 e. The third kappa shape index (κ3) is 3.75. The molecule has 0 radical (unpaired) electrons. The van der Waals surface area contributed by atoms with Crippen LogP contribution in [0.3, 0.4) is 0 Å². The lowest BCUT2D eigenvalue weighted by molar-refractivity contribution is 0.0696. The van der Waals surface area contributed by atoms with E-state index in [0.717, 1.165) is 0 Å². The number of carboxylic acids is 1. The van der Waals surface area contributed by atoms with Crippen LogP contribution in [-0.4, -0.2) is 53.2 Å². The van der Waals surface area contributed by atoms with Crippen molar-refractivity contribution in [2.45, 2.75) is 20.4 Å². The third-order valence-electron chi connectivity index (χ3n) is 2.88. The fraction of sp³-hybridized carbons (Fsp3) is 0.500. The quantitative estimate of drug-likeness (QED) is 0.804. The second kappa shape index (κ2) is 6.78. The molecule has 1 rings (SSSR count). The molecule has 1 aromatic rings. The van der Waals surface area contributed by atoms with Gasteiger partial charge in [0.15, 0.2) is 0 Å². The summed E-state index contributed by atoms with van der Waals surface area (Å²) >= 11 is 0. The van der Waals surface area contributed by atoms with E-state index in [1.54, 1.807) is 13.8 Å². The second-order valence-corrected chi connectivity index (χ2v) is 6.23. The van der Waals surface area contributed by atoms with E-state index in [1.165, 1.54) is 34.0 Å². The molecule has 1 heterocycles. The maximum Gasteiger partial charge on any atom is 0.337 e. The van der Waals surface area contributed by atoms with Gasteiger partial charge in [0.05, 0.1) is 17.8 Å². The summed E-state index contributed by atoms with van der Waals surface area (Å²) in [6.07, 6.45) is 1.22. The molecule has 0 saturated heterocycles. The summed E-state index contributed by atoms with van der Waals surface area (Å²) in [6.45, 7) is 4.44. The molecule has 0 aliphatic heterocycles. The van der Waals surface area contributed by atoms with Crippen molar-refractivity contribution in [3.63, 3.8) is 0 Å². The molecule has 0 saturated carbocycles. The van der Waals surface area contributed by atoms with Crippen LogP contribution in [-0.2, 0) is 16.8 Å².